The van der Waals surface area contributed by atoms with Crippen molar-refractivity contribution in [3.8, 4) is 17.2 Å². The highest BCUT2D eigenvalue weighted by Gasteiger charge is 2.17. The number of hydrogen-bond acceptors (Lipinski definition) is 4. The predicted octanol–water partition coefficient (Wildman–Crippen LogP) is 4.36. The molecule has 1 aliphatic heterocycles. The van der Waals surface area contributed by atoms with E-state index >= 15 is 0 Å². The Morgan fingerprint density at radius 1 is 0.889 bits per heavy atom. The molecule has 4 heteroatoms. The second-order valence-electron chi connectivity index (χ2n) is 6.66. The first-order chi connectivity index (χ1) is 13.2. The van der Waals surface area contributed by atoms with Gasteiger partial charge in [-0.3, -0.25) is 0 Å². The third-order valence-electron chi connectivity index (χ3n) is 4.70. The SMILES string of the molecule is Oc1ccc(C2=COc3cc(O)c(CNCc4ccccc4)cc3C2)cc1. The van der Waals surface area contributed by atoms with Gasteiger partial charge in [0, 0.05) is 31.1 Å². The van der Waals surface area contributed by atoms with E-state index in [2.05, 4.69) is 17.4 Å². The summed E-state index contributed by atoms with van der Waals surface area (Å²) < 4.78 is 5.73. The van der Waals surface area contributed by atoms with Crippen LogP contribution in [0.15, 0.2) is 73.0 Å². The summed E-state index contributed by atoms with van der Waals surface area (Å²) in [5.74, 6) is 1.16. The zero-order valence-electron chi connectivity index (χ0n) is 14.9. The minimum absolute atomic E-state index is 0.232. The number of allylic oxidation sites excluding steroid dienone is 1. The maximum Gasteiger partial charge on any atom is 0.133 e. The quantitative estimate of drug-likeness (QED) is 0.633. The van der Waals surface area contributed by atoms with E-state index in [0.717, 1.165) is 28.8 Å². The molecule has 0 atom stereocenters. The van der Waals surface area contributed by atoms with Crippen LogP contribution in [0.2, 0.25) is 0 Å². The van der Waals surface area contributed by atoms with Crippen molar-refractivity contribution in [2.75, 3.05) is 0 Å². The van der Waals surface area contributed by atoms with Gasteiger partial charge in [-0.05, 0) is 40.5 Å². The second kappa shape index (κ2) is 7.56. The first-order valence-electron chi connectivity index (χ1n) is 8.93. The van der Waals surface area contributed by atoms with E-state index in [4.69, 9.17) is 4.74 Å². The Morgan fingerprint density at radius 3 is 2.44 bits per heavy atom. The first kappa shape index (κ1) is 17.2. The lowest BCUT2D eigenvalue weighted by molar-refractivity contribution is 0.440. The number of rotatable bonds is 5. The zero-order valence-corrected chi connectivity index (χ0v) is 14.9. The Hall–Kier alpha value is -3.24. The summed E-state index contributed by atoms with van der Waals surface area (Å²) >= 11 is 0. The summed E-state index contributed by atoms with van der Waals surface area (Å²) in [5.41, 5.74) is 5.14. The Kier molecular flexibility index (Phi) is 4.81. The molecule has 0 fully saturated rings. The van der Waals surface area contributed by atoms with Gasteiger partial charge in [0.25, 0.3) is 0 Å². The van der Waals surface area contributed by atoms with Crippen LogP contribution in [-0.2, 0) is 19.5 Å². The number of hydrogen-bond donors (Lipinski definition) is 3. The minimum Gasteiger partial charge on any atom is -0.508 e. The van der Waals surface area contributed by atoms with Crippen molar-refractivity contribution >= 4 is 5.57 Å². The van der Waals surface area contributed by atoms with Gasteiger partial charge in [0.1, 0.15) is 17.2 Å². The third-order valence-corrected chi connectivity index (χ3v) is 4.70. The molecule has 1 heterocycles. The number of phenols is 2. The fourth-order valence-corrected chi connectivity index (χ4v) is 3.22. The van der Waals surface area contributed by atoms with Crippen molar-refractivity contribution in [3.63, 3.8) is 0 Å². The molecular weight excluding hydrogens is 338 g/mol. The van der Waals surface area contributed by atoms with Gasteiger partial charge in [-0.25, -0.2) is 0 Å². The molecule has 0 aliphatic carbocycles. The maximum absolute atomic E-state index is 10.3. The topological polar surface area (TPSA) is 61.7 Å². The average Bonchev–Trinajstić information content (AvgIpc) is 2.69. The summed E-state index contributed by atoms with van der Waals surface area (Å²) in [7, 11) is 0. The third kappa shape index (κ3) is 3.96. The Labute approximate surface area is 158 Å². The van der Waals surface area contributed by atoms with Crippen molar-refractivity contribution in [2.45, 2.75) is 19.5 Å². The minimum atomic E-state index is 0.232. The van der Waals surface area contributed by atoms with E-state index in [1.165, 1.54) is 5.56 Å². The van der Waals surface area contributed by atoms with Crippen LogP contribution in [0.3, 0.4) is 0 Å². The van der Waals surface area contributed by atoms with Crippen LogP contribution >= 0.6 is 0 Å². The summed E-state index contributed by atoms with van der Waals surface area (Å²) in [5, 5.41) is 23.1. The highest BCUT2D eigenvalue weighted by atomic mass is 16.5. The predicted molar refractivity (Wildman–Crippen MR) is 106 cm³/mol. The Bertz CT molecular complexity index is 963. The van der Waals surface area contributed by atoms with Crippen molar-refractivity contribution in [1.82, 2.24) is 5.32 Å². The number of benzene rings is 3. The molecule has 1 aliphatic rings. The molecule has 4 nitrogen and oxygen atoms in total. The van der Waals surface area contributed by atoms with Crippen LogP contribution in [0.1, 0.15) is 22.3 Å². The molecule has 0 saturated heterocycles. The summed E-state index contributed by atoms with van der Waals surface area (Å²) in [6, 6.07) is 20.9. The molecule has 27 heavy (non-hydrogen) atoms. The van der Waals surface area contributed by atoms with Crippen molar-refractivity contribution in [3.05, 3.63) is 95.2 Å². The number of phenolic OH excluding ortho intramolecular Hbond substituents is 2. The Morgan fingerprint density at radius 2 is 1.67 bits per heavy atom. The molecule has 3 aromatic carbocycles. The van der Waals surface area contributed by atoms with Gasteiger partial charge < -0.3 is 20.3 Å². The zero-order chi connectivity index (χ0) is 18.6. The average molecular weight is 359 g/mol. The lowest BCUT2D eigenvalue weighted by Gasteiger charge is -2.19. The molecule has 0 bridgehead atoms. The van der Waals surface area contributed by atoms with Gasteiger partial charge in [0.15, 0.2) is 0 Å². The van der Waals surface area contributed by atoms with Gasteiger partial charge in [-0.15, -0.1) is 0 Å². The van der Waals surface area contributed by atoms with Crippen molar-refractivity contribution in [1.29, 1.82) is 0 Å². The van der Waals surface area contributed by atoms with Crippen LogP contribution in [0.5, 0.6) is 17.2 Å². The van der Waals surface area contributed by atoms with E-state index in [-0.39, 0.29) is 11.5 Å². The monoisotopic (exact) mass is 359 g/mol. The van der Waals surface area contributed by atoms with Gasteiger partial charge in [-0.2, -0.15) is 0 Å². The highest BCUT2D eigenvalue weighted by Crippen LogP contribution is 2.36. The van der Waals surface area contributed by atoms with E-state index in [9.17, 15) is 10.2 Å². The number of nitrogens with one attached hydrogen (secondary N) is 1. The second-order valence-corrected chi connectivity index (χ2v) is 6.66. The van der Waals surface area contributed by atoms with Gasteiger partial charge in [0.2, 0.25) is 0 Å². The molecule has 136 valence electrons. The first-order valence-corrected chi connectivity index (χ1v) is 8.93. The normalized spacial score (nSPS) is 12.8. The van der Waals surface area contributed by atoms with Crippen molar-refractivity contribution < 1.29 is 14.9 Å². The molecule has 3 N–H and O–H groups in total. The number of fused-ring (bicyclic) bond motifs is 1. The molecule has 3 aromatic rings. The van der Waals surface area contributed by atoms with Gasteiger partial charge >= 0.3 is 0 Å². The van der Waals surface area contributed by atoms with Gasteiger partial charge in [-0.1, -0.05) is 42.5 Å². The van der Waals surface area contributed by atoms with E-state index in [0.29, 0.717) is 18.7 Å². The van der Waals surface area contributed by atoms with Gasteiger partial charge in [0.05, 0.1) is 6.26 Å². The van der Waals surface area contributed by atoms with Crippen LogP contribution in [0.25, 0.3) is 5.57 Å². The standard InChI is InChI=1S/C23H21NO3/c25-21-8-6-17(7-9-21)20-11-18-10-19(22(26)12-23(18)27-15-20)14-24-13-16-4-2-1-3-5-16/h1-10,12,15,24-26H,11,13-14H2. The maximum atomic E-state index is 10.3. The van der Waals surface area contributed by atoms with Crippen molar-refractivity contribution in [2.24, 2.45) is 0 Å². The molecule has 0 unspecified atom stereocenters. The molecule has 0 radical (unpaired) electrons. The van der Waals surface area contributed by atoms with E-state index in [1.54, 1.807) is 24.5 Å². The summed E-state index contributed by atoms with van der Waals surface area (Å²) in [6.45, 7) is 1.32. The summed E-state index contributed by atoms with van der Waals surface area (Å²) in [6.07, 6.45) is 2.42. The van der Waals surface area contributed by atoms with Crippen LogP contribution in [0, 0.1) is 0 Å². The largest absolute Gasteiger partial charge is 0.508 e. The van der Waals surface area contributed by atoms with Crippen LogP contribution < -0.4 is 10.1 Å². The van der Waals surface area contributed by atoms with Crippen LogP contribution in [0.4, 0.5) is 0 Å². The lowest BCUT2D eigenvalue weighted by atomic mass is 9.95. The molecular formula is C23H21NO3. The molecule has 4 rings (SSSR count). The molecule has 0 saturated carbocycles. The highest BCUT2D eigenvalue weighted by molar-refractivity contribution is 5.71. The number of aromatic hydroxyl groups is 2. The fraction of sp³-hybridized carbons (Fsp3) is 0.130. The Balaban J connectivity index is 1.47. The van der Waals surface area contributed by atoms with Crippen LogP contribution in [-0.4, -0.2) is 10.2 Å². The molecule has 0 amide bonds. The van der Waals surface area contributed by atoms with E-state index in [1.807, 2.05) is 36.4 Å². The summed E-state index contributed by atoms with van der Waals surface area (Å²) in [4.78, 5) is 0. The lowest BCUT2D eigenvalue weighted by Crippen LogP contribution is -2.13. The number of ether oxygens (including phenoxy) is 1. The fourth-order valence-electron chi connectivity index (χ4n) is 3.22. The smallest absolute Gasteiger partial charge is 0.133 e. The molecule has 0 spiro atoms. The molecule has 0 aromatic heterocycles. The van der Waals surface area contributed by atoms with E-state index < -0.39 is 0 Å².